The maximum atomic E-state index is 5.97. The summed E-state index contributed by atoms with van der Waals surface area (Å²) in [4.78, 5) is 2.53. The molecule has 1 unspecified atom stereocenters. The highest BCUT2D eigenvalue weighted by Crippen LogP contribution is 2.30. The van der Waals surface area contributed by atoms with Crippen LogP contribution >= 0.6 is 22.9 Å². The molecule has 0 saturated carbocycles. The van der Waals surface area contributed by atoms with E-state index in [0.29, 0.717) is 6.04 Å². The molecule has 1 aliphatic heterocycles. The van der Waals surface area contributed by atoms with Crippen molar-refractivity contribution in [2.24, 2.45) is 11.7 Å². The van der Waals surface area contributed by atoms with Crippen molar-refractivity contribution < 1.29 is 0 Å². The van der Waals surface area contributed by atoms with Crippen molar-refractivity contribution >= 4 is 22.9 Å². The topological polar surface area (TPSA) is 29.3 Å². The monoisotopic (exact) mass is 258 g/mol. The van der Waals surface area contributed by atoms with Gasteiger partial charge >= 0.3 is 0 Å². The van der Waals surface area contributed by atoms with Crippen LogP contribution in [0.5, 0.6) is 0 Å². The Balaban J connectivity index is 1.93. The number of rotatable bonds is 3. The second-order valence-corrected chi connectivity index (χ2v) is 6.12. The van der Waals surface area contributed by atoms with Gasteiger partial charge in [-0.3, -0.25) is 4.90 Å². The molecular formula is C12H19ClN2S. The van der Waals surface area contributed by atoms with Crippen LogP contribution in [0.25, 0.3) is 0 Å². The molecule has 1 fully saturated rings. The Morgan fingerprint density at radius 1 is 1.56 bits per heavy atom. The van der Waals surface area contributed by atoms with E-state index in [0.717, 1.165) is 29.9 Å². The fourth-order valence-electron chi connectivity index (χ4n) is 2.33. The van der Waals surface area contributed by atoms with E-state index in [1.165, 1.54) is 18.4 Å². The Hall–Kier alpha value is -0.0900. The van der Waals surface area contributed by atoms with Gasteiger partial charge in [0.25, 0.3) is 0 Å². The number of nitrogens with two attached hydrogens (primary N) is 1. The average molecular weight is 259 g/mol. The van der Waals surface area contributed by atoms with Crippen molar-refractivity contribution in [2.75, 3.05) is 19.6 Å². The van der Waals surface area contributed by atoms with Crippen LogP contribution in [0.4, 0.5) is 0 Å². The molecule has 1 aromatic rings. The van der Waals surface area contributed by atoms with Crippen LogP contribution in [0.3, 0.4) is 0 Å². The first-order valence-corrected chi connectivity index (χ1v) is 7.14. The lowest BCUT2D eigenvalue weighted by molar-refractivity contribution is 0.144. The summed E-state index contributed by atoms with van der Waals surface area (Å²) in [6.07, 6.45) is 2.47. The van der Waals surface area contributed by atoms with Gasteiger partial charge in [0.15, 0.2) is 0 Å². The third-order valence-corrected chi connectivity index (χ3v) is 4.71. The molecule has 2 nitrogen and oxygen atoms in total. The molecule has 2 N–H and O–H groups in total. The van der Waals surface area contributed by atoms with Crippen LogP contribution in [0, 0.1) is 5.92 Å². The van der Waals surface area contributed by atoms with E-state index in [2.05, 4.69) is 23.3 Å². The standard InChI is InChI=1S/C12H19ClN2S/c1-9(11-6-12(13)16-8-11)15-4-2-10(7-14)3-5-15/h6,8-10H,2-5,7,14H2,1H3. The van der Waals surface area contributed by atoms with E-state index in [1.54, 1.807) is 11.3 Å². The van der Waals surface area contributed by atoms with Crippen molar-refractivity contribution in [1.29, 1.82) is 0 Å². The van der Waals surface area contributed by atoms with Crippen LogP contribution in [-0.2, 0) is 0 Å². The third kappa shape index (κ3) is 2.77. The lowest BCUT2D eigenvalue weighted by atomic mass is 9.95. The summed E-state index contributed by atoms with van der Waals surface area (Å²) < 4.78 is 0.888. The van der Waals surface area contributed by atoms with Crippen molar-refractivity contribution in [3.63, 3.8) is 0 Å². The second kappa shape index (κ2) is 5.50. The molecule has 0 amide bonds. The van der Waals surface area contributed by atoms with Gasteiger partial charge in [0.05, 0.1) is 4.34 Å². The van der Waals surface area contributed by atoms with E-state index >= 15 is 0 Å². The van der Waals surface area contributed by atoms with Gasteiger partial charge in [-0.15, -0.1) is 11.3 Å². The Kier molecular flexibility index (Phi) is 4.25. The van der Waals surface area contributed by atoms with E-state index in [-0.39, 0.29) is 0 Å². The highest BCUT2D eigenvalue weighted by molar-refractivity contribution is 7.14. The summed E-state index contributed by atoms with van der Waals surface area (Å²) in [5, 5.41) is 2.17. The first kappa shape index (κ1) is 12.4. The summed E-state index contributed by atoms with van der Waals surface area (Å²) in [6, 6.07) is 2.58. The minimum atomic E-state index is 0.488. The van der Waals surface area contributed by atoms with Crippen molar-refractivity contribution in [3.05, 3.63) is 21.3 Å². The molecule has 1 atom stereocenters. The number of nitrogens with zero attached hydrogens (tertiary/aromatic N) is 1. The van der Waals surface area contributed by atoms with Gasteiger partial charge in [0.1, 0.15) is 0 Å². The Morgan fingerprint density at radius 3 is 2.75 bits per heavy atom. The zero-order valence-corrected chi connectivity index (χ0v) is 11.2. The molecule has 0 aromatic carbocycles. The number of hydrogen-bond donors (Lipinski definition) is 1. The molecule has 4 heteroatoms. The van der Waals surface area contributed by atoms with Crippen molar-refractivity contribution in [2.45, 2.75) is 25.8 Å². The highest BCUT2D eigenvalue weighted by Gasteiger charge is 2.23. The second-order valence-electron chi connectivity index (χ2n) is 4.58. The Morgan fingerprint density at radius 2 is 2.25 bits per heavy atom. The number of likely N-dealkylation sites (tertiary alicyclic amines) is 1. The normalized spacial score (nSPS) is 21.2. The van der Waals surface area contributed by atoms with Crippen molar-refractivity contribution in [1.82, 2.24) is 4.90 Å². The minimum Gasteiger partial charge on any atom is -0.330 e. The summed E-state index contributed by atoms with van der Waals surface area (Å²) >= 11 is 7.59. The number of thiophene rings is 1. The number of halogens is 1. The largest absolute Gasteiger partial charge is 0.330 e. The van der Waals surface area contributed by atoms with Gasteiger partial charge in [0, 0.05) is 6.04 Å². The third-order valence-electron chi connectivity index (χ3n) is 3.60. The Bertz CT molecular complexity index is 332. The predicted octanol–water partition coefficient (Wildman–Crippen LogP) is 3.13. The number of piperidine rings is 1. The maximum absolute atomic E-state index is 5.97. The quantitative estimate of drug-likeness (QED) is 0.903. The van der Waals surface area contributed by atoms with Crippen LogP contribution in [0.2, 0.25) is 4.34 Å². The van der Waals surface area contributed by atoms with Gasteiger partial charge in [0.2, 0.25) is 0 Å². The SMILES string of the molecule is CC(c1csc(Cl)c1)N1CCC(CN)CC1. The van der Waals surface area contributed by atoms with E-state index in [9.17, 15) is 0 Å². The Labute approximate surface area is 106 Å². The van der Waals surface area contributed by atoms with Crippen LogP contribution in [-0.4, -0.2) is 24.5 Å². The molecule has 0 radical (unpaired) electrons. The molecule has 0 spiro atoms. The molecule has 0 aliphatic carbocycles. The van der Waals surface area contributed by atoms with Gasteiger partial charge in [-0.25, -0.2) is 0 Å². The molecule has 2 heterocycles. The van der Waals surface area contributed by atoms with Crippen LogP contribution < -0.4 is 5.73 Å². The van der Waals surface area contributed by atoms with E-state index in [1.807, 2.05) is 0 Å². The summed E-state index contributed by atoms with van der Waals surface area (Å²) in [6.45, 7) is 5.43. The van der Waals surface area contributed by atoms with Gasteiger partial charge < -0.3 is 5.73 Å². The zero-order chi connectivity index (χ0) is 11.5. The van der Waals surface area contributed by atoms with E-state index < -0.39 is 0 Å². The summed E-state index contributed by atoms with van der Waals surface area (Å²) in [5.74, 6) is 0.731. The lowest BCUT2D eigenvalue weighted by Gasteiger charge is -2.35. The summed E-state index contributed by atoms with van der Waals surface area (Å²) in [5.41, 5.74) is 7.05. The smallest absolute Gasteiger partial charge is 0.0931 e. The molecule has 1 aliphatic rings. The van der Waals surface area contributed by atoms with Gasteiger partial charge in [-0.05, 0) is 62.3 Å². The average Bonchev–Trinajstić information content (AvgIpc) is 2.75. The fraction of sp³-hybridized carbons (Fsp3) is 0.667. The molecule has 2 rings (SSSR count). The molecule has 1 aromatic heterocycles. The van der Waals surface area contributed by atoms with Crippen LogP contribution in [0.1, 0.15) is 31.4 Å². The van der Waals surface area contributed by atoms with E-state index in [4.69, 9.17) is 17.3 Å². The fourth-order valence-corrected chi connectivity index (χ4v) is 3.31. The highest BCUT2D eigenvalue weighted by atomic mass is 35.5. The predicted molar refractivity (Wildman–Crippen MR) is 71.1 cm³/mol. The molecule has 16 heavy (non-hydrogen) atoms. The molecule has 90 valence electrons. The first-order chi connectivity index (χ1) is 7.70. The van der Waals surface area contributed by atoms with Gasteiger partial charge in [-0.2, -0.15) is 0 Å². The van der Waals surface area contributed by atoms with Crippen molar-refractivity contribution in [3.8, 4) is 0 Å². The first-order valence-electron chi connectivity index (χ1n) is 5.88. The number of hydrogen-bond acceptors (Lipinski definition) is 3. The molecular weight excluding hydrogens is 240 g/mol. The van der Waals surface area contributed by atoms with Gasteiger partial charge in [-0.1, -0.05) is 11.6 Å². The van der Waals surface area contributed by atoms with Crippen LogP contribution in [0.15, 0.2) is 11.4 Å². The zero-order valence-electron chi connectivity index (χ0n) is 9.66. The lowest BCUT2D eigenvalue weighted by Crippen LogP contribution is -2.37. The summed E-state index contributed by atoms with van der Waals surface area (Å²) in [7, 11) is 0. The minimum absolute atomic E-state index is 0.488. The maximum Gasteiger partial charge on any atom is 0.0931 e. The molecule has 0 bridgehead atoms. The molecule has 1 saturated heterocycles.